The van der Waals surface area contributed by atoms with Gasteiger partial charge in [-0.25, -0.2) is 0 Å². The molecule has 138 valence electrons. The first-order valence-corrected chi connectivity index (χ1v) is 10.7. The third-order valence-electron chi connectivity index (χ3n) is 7.38. The van der Waals surface area contributed by atoms with Gasteiger partial charge in [-0.05, 0) is 52.0 Å². The molecule has 5 rings (SSSR count). The van der Waals surface area contributed by atoms with Gasteiger partial charge in [-0.3, -0.25) is 0 Å². The van der Waals surface area contributed by atoms with E-state index in [1.807, 2.05) is 0 Å². The summed E-state index contributed by atoms with van der Waals surface area (Å²) in [6, 6.07) is 18.1. The lowest BCUT2D eigenvalue weighted by Crippen LogP contribution is -2.28. The first kappa shape index (κ1) is 17.0. The normalized spacial score (nSPS) is 22.6. The molecule has 1 atom stereocenters. The quantitative estimate of drug-likeness (QED) is 0.534. The van der Waals surface area contributed by atoms with Crippen molar-refractivity contribution in [2.24, 2.45) is 17.3 Å². The zero-order valence-corrected chi connectivity index (χ0v) is 16.6. The van der Waals surface area contributed by atoms with Crippen molar-refractivity contribution < 1.29 is 0 Å². The fraction of sp³-hybridized carbons (Fsp3) is 0.407. The molecular weight excluding hydrogens is 324 g/mol. The number of rotatable bonds is 3. The highest BCUT2D eigenvalue weighted by molar-refractivity contribution is 5.79. The smallest absolute Gasteiger partial charge is 0.0161 e. The first-order chi connectivity index (χ1) is 13.2. The highest BCUT2D eigenvalue weighted by Crippen LogP contribution is 2.56. The molecule has 0 nitrogen and oxygen atoms in total. The Morgan fingerprint density at radius 1 is 0.778 bits per heavy atom. The van der Waals surface area contributed by atoms with Gasteiger partial charge in [-0.1, -0.05) is 99.9 Å². The highest BCUT2D eigenvalue weighted by Gasteiger charge is 2.43. The number of hydrogen-bond donors (Lipinski definition) is 0. The maximum Gasteiger partial charge on any atom is 0.0161 e. The Bertz CT molecular complexity index is 860. The molecule has 0 saturated heterocycles. The Balaban J connectivity index is 1.52. The van der Waals surface area contributed by atoms with E-state index in [0.717, 1.165) is 5.92 Å². The molecule has 0 bridgehead atoms. The third kappa shape index (κ3) is 2.73. The van der Waals surface area contributed by atoms with E-state index in [1.165, 1.54) is 54.4 Å². The molecule has 0 amide bonds. The van der Waals surface area contributed by atoms with Gasteiger partial charge in [0, 0.05) is 11.8 Å². The standard InChI is InChI=1S/C27H30/c1-27(2,21-17-16-20(18-21)19-10-4-3-5-11-19)26-24-14-8-6-12-22(24)23-13-7-9-15-25(23)26/h6-9,12-19,21,26H,3-5,10-11H2,1-2H3. The average molecular weight is 355 g/mol. The molecule has 0 aromatic heterocycles. The van der Waals surface area contributed by atoms with Crippen molar-refractivity contribution in [3.63, 3.8) is 0 Å². The van der Waals surface area contributed by atoms with Crippen molar-refractivity contribution in [2.75, 3.05) is 0 Å². The molecule has 27 heavy (non-hydrogen) atoms. The van der Waals surface area contributed by atoms with E-state index < -0.39 is 0 Å². The van der Waals surface area contributed by atoms with Crippen LogP contribution in [-0.2, 0) is 0 Å². The van der Waals surface area contributed by atoms with Crippen LogP contribution in [0.25, 0.3) is 11.1 Å². The van der Waals surface area contributed by atoms with E-state index in [1.54, 1.807) is 5.57 Å². The van der Waals surface area contributed by atoms with Gasteiger partial charge < -0.3 is 0 Å². The summed E-state index contributed by atoms with van der Waals surface area (Å²) in [4.78, 5) is 0. The maximum atomic E-state index is 2.61. The summed E-state index contributed by atoms with van der Waals surface area (Å²) in [5, 5.41) is 0. The molecule has 2 aromatic carbocycles. The van der Waals surface area contributed by atoms with Crippen molar-refractivity contribution in [3.8, 4) is 11.1 Å². The van der Waals surface area contributed by atoms with E-state index in [9.17, 15) is 0 Å². The van der Waals surface area contributed by atoms with Gasteiger partial charge in [0.2, 0.25) is 0 Å². The van der Waals surface area contributed by atoms with Crippen LogP contribution in [-0.4, -0.2) is 0 Å². The number of benzene rings is 2. The molecule has 3 aliphatic rings. The summed E-state index contributed by atoms with van der Waals surface area (Å²) < 4.78 is 0. The van der Waals surface area contributed by atoms with Crippen LogP contribution in [0.3, 0.4) is 0 Å². The minimum atomic E-state index is 0.162. The summed E-state index contributed by atoms with van der Waals surface area (Å²) in [5.74, 6) is 1.78. The van der Waals surface area contributed by atoms with Crippen LogP contribution in [0.4, 0.5) is 0 Å². The Kier molecular flexibility index (Phi) is 4.11. The monoisotopic (exact) mass is 354 g/mol. The zero-order chi connectivity index (χ0) is 18.4. The Labute approximate surface area is 164 Å². The van der Waals surface area contributed by atoms with E-state index in [0.29, 0.717) is 11.8 Å². The predicted octanol–water partition coefficient (Wildman–Crippen LogP) is 7.52. The minimum absolute atomic E-state index is 0.162. The number of hydrogen-bond acceptors (Lipinski definition) is 0. The summed E-state index contributed by atoms with van der Waals surface area (Å²) in [5.41, 5.74) is 7.67. The Morgan fingerprint density at radius 3 is 2.00 bits per heavy atom. The summed E-state index contributed by atoms with van der Waals surface area (Å²) in [6.07, 6.45) is 14.6. The second kappa shape index (κ2) is 6.51. The predicted molar refractivity (Wildman–Crippen MR) is 115 cm³/mol. The highest BCUT2D eigenvalue weighted by atomic mass is 14.5. The molecule has 0 spiro atoms. The minimum Gasteiger partial charge on any atom is -0.0768 e. The van der Waals surface area contributed by atoms with Crippen molar-refractivity contribution in [2.45, 2.75) is 51.9 Å². The van der Waals surface area contributed by atoms with Crippen molar-refractivity contribution in [3.05, 3.63) is 83.5 Å². The molecule has 1 saturated carbocycles. The fourth-order valence-corrected chi connectivity index (χ4v) is 5.85. The Hall–Kier alpha value is -2.08. The van der Waals surface area contributed by atoms with Gasteiger partial charge in [0.25, 0.3) is 0 Å². The summed E-state index contributed by atoms with van der Waals surface area (Å²) in [7, 11) is 0. The van der Waals surface area contributed by atoms with Crippen LogP contribution in [0.15, 0.2) is 72.3 Å². The average Bonchev–Trinajstić information content (AvgIpc) is 3.33. The van der Waals surface area contributed by atoms with Crippen molar-refractivity contribution >= 4 is 0 Å². The van der Waals surface area contributed by atoms with E-state index in [-0.39, 0.29) is 5.41 Å². The van der Waals surface area contributed by atoms with Crippen LogP contribution in [0, 0.1) is 17.3 Å². The van der Waals surface area contributed by atoms with Crippen LogP contribution in [0.1, 0.15) is 63.0 Å². The van der Waals surface area contributed by atoms with E-state index in [2.05, 4.69) is 80.6 Å². The van der Waals surface area contributed by atoms with Crippen LogP contribution < -0.4 is 0 Å². The van der Waals surface area contributed by atoms with Gasteiger partial charge >= 0.3 is 0 Å². The van der Waals surface area contributed by atoms with Crippen LogP contribution in [0.5, 0.6) is 0 Å². The molecule has 0 radical (unpaired) electrons. The van der Waals surface area contributed by atoms with Gasteiger partial charge in [-0.15, -0.1) is 0 Å². The summed E-state index contributed by atoms with van der Waals surface area (Å²) >= 11 is 0. The molecular formula is C27H30. The van der Waals surface area contributed by atoms with Gasteiger partial charge in [0.05, 0.1) is 0 Å². The van der Waals surface area contributed by atoms with Crippen molar-refractivity contribution in [1.29, 1.82) is 0 Å². The van der Waals surface area contributed by atoms with Gasteiger partial charge in [-0.2, -0.15) is 0 Å². The fourth-order valence-electron chi connectivity index (χ4n) is 5.85. The van der Waals surface area contributed by atoms with Gasteiger partial charge in [0.15, 0.2) is 0 Å². The Morgan fingerprint density at radius 2 is 1.37 bits per heavy atom. The lowest BCUT2D eigenvalue weighted by atomic mass is 9.66. The van der Waals surface area contributed by atoms with E-state index >= 15 is 0 Å². The molecule has 1 unspecified atom stereocenters. The summed E-state index contributed by atoms with van der Waals surface area (Å²) in [6.45, 7) is 4.96. The lowest BCUT2D eigenvalue weighted by Gasteiger charge is -2.37. The third-order valence-corrected chi connectivity index (χ3v) is 7.38. The molecule has 1 fully saturated rings. The van der Waals surface area contributed by atoms with Crippen molar-refractivity contribution in [1.82, 2.24) is 0 Å². The second-order valence-corrected chi connectivity index (χ2v) is 9.32. The molecule has 2 aromatic rings. The largest absolute Gasteiger partial charge is 0.0768 e. The van der Waals surface area contributed by atoms with Crippen LogP contribution >= 0.6 is 0 Å². The topological polar surface area (TPSA) is 0 Å². The van der Waals surface area contributed by atoms with Crippen LogP contribution in [0.2, 0.25) is 0 Å². The first-order valence-electron chi connectivity index (χ1n) is 10.7. The maximum absolute atomic E-state index is 2.61. The molecule has 0 heteroatoms. The molecule has 0 aliphatic heterocycles. The molecule has 3 aliphatic carbocycles. The molecule has 0 N–H and O–H groups in total. The number of fused-ring (bicyclic) bond motifs is 3. The molecule has 0 heterocycles. The lowest BCUT2D eigenvalue weighted by molar-refractivity contribution is 0.266. The van der Waals surface area contributed by atoms with Gasteiger partial charge in [0.1, 0.15) is 0 Å². The van der Waals surface area contributed by atoms with E-state index in [4.69, 9.17) is 0 Å². The second-order valence-electron chi connectivity index (χ2n) is 9.32. The SMILES string of the molecule is CC(C)(C1C=CC(C2CCCCC2)=C1)C1c2ccccc2-c2ccccc21. The number of allylic oxidation sites excluding steroid dienone is 4. The zero-order valence-electron chi connectivity index (χ0n) is 16.6.